The van der Waals surface area contributed by atoms with Gasteiger partial charge in [0.1, 0.15) is 5.65 Å². The first-order chi connectivity index (χ1) is 16.6. The number of alkyl halides is 3. The molecule has 2 aromatic heterocycles. The van der Waals surface area contributed by atoms with E-state index in [9.17, 15) is 26.4 Å². The molecule has 1 aliphatic carbocycles. The number of fused-ring (bicyclic) bond motifs is 1. The Hall–Kier alpha value is -3.86. The number of nitrogens with zero attached hydrogens (tertiary/aromatic N) is 2. The third-order valence-electron chi connectivity index (χ3n) is 5.78. The number of hydrogen-bond acceptors (Lipinski definition) is 4. The SMILES string of the molecule is NC(=O)c1c(-c2ccc(NS(=O)(=O)C3CC3)cc2)n(-c2ccccc2)c2ncc(C(F)(F)F)cc12. The van der Waals surface area contributed by atoms with E-state index in [1.165, 1.54) is 12.1 Å². The predicted molar refractivity (Wildman–Crippen MR) is 126 cm³/mol. The van der Waals surface area contributed by atoms with E-state index in [-0.39, 0.29) is 22.3 Å². The highest BCUT2D eigenvalue weighted by Gasteiger charge is 2.36. The zero-order chi connectivity index (χ0) is 25.0. The van der Waals surface area contributed by atoms with E-state index in [1.54, 1.807) is 47.0 Å². The molecule has 1 amide bonds. The summed E-state index contributed by atoms with van der Waals surface area (Å²) in [6.07, 6.45) is -2.73. The molecule has 2 heterocycles. The lowest BCUT2D eigenvalue weighted by Gasteiger charge is -2.13. The monoisotopic (exact) mass is 500 g/mol. The second-order valence-corrected chi connectivity index (χ2v) is 10.2. The first kappa shape index (κ1) is 22.9. The van der Waals surface area contributed by atoms with E-state index in [4.69, 9.17) is 5.73 Å². The van der Waals surface area contributed by atoms with Crippen molar-refractivity contribution in [2.75, 3.05) is 4.72 Å². The van der Waals surface area contributed by atoms with Gasteiger partial charge in [-0.3, -0.25) is 14.1 Å². The minimum atomic E-state index is -4.66. The standard InChI is InChI=1S/C24H19F3N4O3S/c25-24(26,27)15-12-19-20(22(28)32)21(31(23(19)29-13-15)17-4-2-1-3-5-17)14-6-8-16(9-7-14)30-35(33,34)18-10-11-18/h1-9,12-13,18,30H,10-11H2,(H2,28,32). The van der Waals surface area contributed by atoms with Crippen LogP contribution in [0.2, 0.25) is 0 Å². The van der Waals surface area contributed by atoms with Crippen molar-refractivity contribution in [2.24, 2.45) is 5.73 Å². The number of rotatable bonds is 6. The van der Waals surface area contributed by atoms with E-state index < -0.39 is 32.9 Å². The zero-order valence-electron chi connectivity index (χ0n) is 18.1. The molecule has 0 unspecified atom stereocenters. The number of carbonyl (C=O) groups excluding carboxylic acids is 1. The van der Waals surface area contributed by atoms with Crippen LogP contribution in [0.1, 0.15) is 28.8 Å². The van der Waals surface area contributed by atoms with Gasteiger partial charge < -0.3 is 5.73 Å². The fourth-order valence-electron chi connectivity index (χ4n) is 3.99. The van der Waals surface area contributed by atoms with Gasteiger partial charge in [-0.2, -0.15) is 13.2 Å². The van der Waals surface area contributed by atoms with Gasteiger partial charge in [0.25, 0.3) is 5.91 Å². The third-order valence-corrected chi connectivity index (χ3v) is 7.65. The summed E-state index contributed by atoms with van der Waals surface area (Å²) in [5.41, 5.74) is 6.27. The van der Waals surface area contributed by atoms with Gasteiger partial charge in [0.2, 0.25) is 10.0 Å². The van der Waals surface area contributed by atoms with E-state index >= 15 is 0 Å². The third kappa shape index (κ3) is 4.23. The van der Waals surface area contributed by atoms with Crippen molar-refractivity contribution in [3.63, 3.8) is 0 Å². The molecule has 1 saturated carbocycles. The summed E-state index contributed by atoms with van der Waals surface area (Å²) in [5.74, 6) is -0.917. The van der Waals surface area contributed by atoms with Gasteiger partial charge in [-0.1, -0.05) is 30.3 Å². The predicted octanol–water partition coefficient (Wildman–Crippen LogP) is 4.71. The number of anilines is 1. The maximum absolute atomic E-state index is 13.4. The lowest BCUT2D eigenvalue weighted by Crippen LogP contribution is -2.17. The fourth-order valence-corrected chi connectivity index (χ4v) is 5.38. The summed E-state index contributed by atoms with van der Waals surface area (Å²) in [7, 11) is -3.48. The number of para-hydroxylation sites is 1. The molecule has 2 aromatic carbocycles. The van der Waals surface area contributed by atoms with Crippen LogP contribution in [0.15, 0.2) is 66.9 Å². The number of aromatic nitrogens is 2. The number of sulfonamides is 1. The summed E-state index contributed by atoms with van der Waals surface area (Å²) in [6.45, 7) is 0. The molecular weight excluding hydrogens is 481 g/mol. The minimum absolute atomic E-state index is 0.0373. The largest absolute Gasteiger partial charge is 0.417 e. The van der Waals surface area contributed by atoms with Crippen molar-refractivity contribution in [1.82, 2.24) is 9.55 Å². The van der Waals surface area contributed by atoms with Crippen LogP contribution in [0.3, 0.4) is 0 Å². The number of primary amides is 1. The van der Waals surface area contributed by atoms with Crippen LogP contribution in [0.25, 0.3) is 28.0 Å². The molecule has 0 bridgehead atoms. The smallest absolute Gasteiger partial charge is 0.366 e. The highest BCUT2D eigenvalue weighted by Crippen LogP contribution is 2.39. The van der Waals surface area contributed by atoms with Crippen LogP contribution >= 0.6 is 0 Å². The van der Waals surface area contributed by atoms with Crippen molar-refractivity contribution in [1.29, 1.82) is 0 Å². The molecule has 0 spiro atoms. The number of benzene rings is 2. The van der Waals surface area contributed by atoms with Crippen molar-refractivity contribution in [2.45, 2.75) is 24.3 Å². The number of halogens is 3. The average molecular weight is 501 g/mol. The van der Waals surface area contributed by atoms with Crippen LogP contribution in [0, 0.1) is 0 Å². The van der Waals surface area contributed by atoms with Crippen molar-refractivity contribution < 1.29 is 26.4 Å². The molecule has 4 aromatic rings. The lowest BCUT2D eigenvalue weighted by atomic mass is 10.0. The second-order valence-electron chi connectivity index (χ2n) is 8.28. The first-order valence-corrected chi connectivity index (χ1v) is 12.2. The van der Waals surface area contributed by atoms with Gasteiger partial charge in [0.15, 0.2) is 0 Å². The number of amides is 1. The van der Waals surface area contributed by atoms with E-state index in [0.29, 0.717) is 36.0 Å². The van der Waals surface area contributed by atoms with Crippen LogP contribution < -0.4 is 10.5 Å². The molecule has 35 heavy (non-hydrogen) atoms. The van der Waals surface area contributed by atoms with Crippen molar-refractivity contribution in [3.8, 4) is 16.9 Å². The molecular formula is C24H19F3N4O3S. The Morgan fingerprint density at radius 1 is 1.06 bits per heavy atom. The molecule has 1 fully saturated rings. The Morgan fingerprint density at radius 3 is 2.29 bits per heavy atom. The second kappa shape index (κ2) is 8.12. The van der Waals surface area contributed by atoms with Crippen molar-refractivity contribution >= 4 is 32.7 Å². The highest BCUT2D eigenvalue weighted by atomic mass is 32.2. The van der Waals surface area contributed by atoms with Gasteiger partial charge in [-0.05, 0) is 48.7 Å². The Kier molecular flexibility index (Phi) is 5.32. The molecule has 180 valence electrons. The normalized spacial score (nSPS) is 14.3. The Morgan fingerprint density at radius 2 is 1.71 bits per heavy atom. The van der Waals surface area contributed by atoms with E-state index in [1.807, 2.05) is 0 Å². The fraction of sp³-hybridized carbons (Fsp3) is 0.167. The molecule has 11 heteroatoms. The number of hydrogen-bond donors (Lipinski definition) is 2. The number of nitrogens with two attached hydrogens (primary N) is 1. The van der Waals surface area contributed by atoms with Gasteiger partial charge in [0, 0.05) is 23.0 Å². The van der Waals surface area contributed by atoms with E-state index in [2.05, 4.69) is 9.71 Å². The van der Waals surface area contributed by atoms with Crippen molar-refractivity contribution in [3.05, 3.63) is 78.0 Å². The Bertz CT molecular complexity index is 1540. The Labute approximate surface area is 198 Å². The maximum Gasteiger partial charge on any atom is 0.417 e. The van der Waals surface area contributed by atoms with Crippen LogP contribution in [-0.4, -0.2) is 29.1 Å². The Balaban J connectivity index is 1.73. The quantitative estimate of drug-likeness (QED) is 0.400. The number of pyridine rings is 1. The summed E-state index contributed by atoms with van der Waals surface area (Å²) in [5, 5.41) is -0.442. The lowest BCUT2D eigenvalue weighted by molar-refractivity contribution is -0.137. The maximum atomic E-state index is 13.4. The molecule has 0 atom stereocenters. The minimum Gasteiger partial charge on any atom is -0.366 e. The van der Waals surface area contributed by atoms with Gasteiger partial charge in [-0.15, -0.1) is 0 Å². The number of nitrogens with one attached hydrogen (secondary N) is 1. The zero-order valence-corrected chi connectivity index (χ0v) is 18.9. The van der Waals surface area contributed by atoms with E-state index in [0.717, 1.165) is 6.07 Å². The molecule has 3 N–H and O–H groups in total. The molecule has 0 saturated heterocycles. The van der Waals surface area contributed by atoms with Crippen LogP contribution in [-0.2, 0) is 16.2 Å². The van der Waals surface area contributed by atoms with Gasteiger partial charge >= 0.3 is 6.18 Å². The topological polar surface area (TPSA) is 107 Å². The summed E-state index contributed by atoms with van der Waals surface area (Å²) in [6, 6.07) is 15.8. The number of carbonyl (C=O) groups is 1. The van der Waals surface area contributed by atoms with Crippen LogP contribution in [0.4, 0.5) is 18.9 Å². The van der Waals surface area contributed by atoms with Gasteiger partial charge in [-0.25, -0.2) is 13.4 Å². The molecule has 0 aliphatic heterocycles. The summed E-state index contributed by atoms with van der Waals surface area (Å²) in [4.78, 5) is 16.6. The van der Waals surface area contributed by atoms with Gasteiger partial charge in [0.05, 0.1) is 22.1 Å². The summed E-state index contributed by atoms with van der Waals surface area (Å²) < 4.78 is 68.9. The molecule has 1 aliphatic rings. The molecule has 5 rings (SSSR count). The first-order valence-electron chi connectivity index (χ1n) is 10.7. The highest BCUT2D eigenvalue weighted by molar-refractivity contribution is 7.93. The molecule has 0 radical (unpaired) electrons. The molecule has 7 nitrogen and oxygen atoms in total. The van der Waals surface area contributed by atoms with Crippen LogP contribution in [0.5, 0.6) is 0 Å². The average Bonchev–Trinajstić information content (AvgIpc) is 3.61. The summed E-state index contributed by atoms with van der Waals surface area (Å²) >= 11 is 0.